The summed E-state index contributed by atoms with van der Waals surface area (Å²) in [4.78, 5) is 57.7. The molecule has 50 heavy (non-hydrogen) atoms. The summed E-state index contributed by atoms with van der Waals surface area (Å²) in [5, 5.41) is 18.9. The number of aliphatic hydroxyl groups excluding tert-OH is 1. The van der Waals surface area contributed by atoms with Crippen LogP contribution in [-0.2, 0) is 9.59 Å². The molecule has 0 unspecified atom stereocenters. The fraction of sp³-hybridized carbons (Fsp3) is 0.417. The molecule has 3 radical (unpaired) electrons. The van der Waals surface area contributed by atoms with Gasteiger partial charge in [0.25, 0.3) is 0 Å². The smallest absolute Gasteiger partial charge is 0.512 e. The zero-order valence-corrected chi connectivity index (χ0v) is 32.0. The van der Waals surface area contributed by atoms with Gasteiger partial charge in [0, 0.05) is 77.4 Å². The number of fused-ring (bicyclic) bond motifs is 2. The maximum absolute atomic E-state index is 11.9. The fourth-order valence-electron chi connectivity index (χ4n) is 4.24. The van der Waals surface area contributed by atoms with Crippen molar-refractivity contribution in [3.63, 3.8) is 0 Å². The largest absolute Gasteiger partial charge is 1.00 e. The molecule has 3 rings (SSSR count). The van der Waals surface area contributed by atoms with Crippen LogP contribution in [0.25, 0.3) is 0 Å². The molecular weight excluding hydrogens is 644 g/mol. The summed E-state index contributed by atoms with van der Waals surface area (Å²) in [6, 6.07) is 14.8. The predicted octanol–water partition coefficient (Wildman–Crippen LogP) is -0.610. The fourth-order valence-corrected chi connectivity index (χ4v) is 4.24. The molecule has 1 aliphatic heterocycles. The summed E-state index contributed by atoms with van der Waals surface area (Å²) in [7, 11) is 5.15. The van der Waals surface area contributed by atoms with Crippen molar-refractivity contribution in [1.29, 1.82) is 5.26 Å². The number of aliphatic hydroxyl groups is 1. The molecule has 0 saturated carbocycles. The van der Waals surface area contributed by atoms with Gasteiger partial charge in [0.05, 0.1) is 0 Å². The molecule has 14 heteroatoms. The first-order valence-corrected chi connectivity index (χ1v) is 15.8. The van der Waals surface area contributed by atoms with E-state index in [-0.39, 0.29) is 49.8 Å². The van der Waals surface area contributed by atoms with E-state index in [1.165, 1.54) is 12.2 Å². The zero-order chi connectivity index (χ0) is 35.8. The van der Waals surface area contributed by atoms with Gasteiger partial charge in [-0.25, -0.2) is 0 Å². The third kappa shape index (κ3) is 27.1. The second-order valence-corrected chi connectivity index (χ2v) is 10.6. The minimum atomic E-state index is -0.240. The van der Waals surface area contributed by atoms with Crippen LogP contribution in [0.3, 0.4) is 0 Å². The number of aldehydes is 2. The van der Waals surface area contributed by atoms with Crippen molar-refractivity contribution in [3.8, 4) is 0 Å². The topological polar surface area (TPSA) is 168 Å². The van der Waals surface area contributed by atoms with Crippen LogP contribution >= 0.6 is 0 Å². The van der Waals surface area contributed by atoms with Gasteiger partial charge in [-0.2, -0.15) is 0 Å². The molecule has 0 aliphatic carbocycles. The van der Waals surface area contributed by atoms with Crippen molar-refractivity contribution in [1.82, 2.24) is 20.4 Å². The van der Waals surface area contributed by atoms with Crippen LogP contribution in [0.5, 0.6) is 0 Å². The Kier molecular flexibility index (Phi) is 35.5. The second kappa shape index (κ2) is 35.1. The van der Waals surface area contributed by atoms with Crippen molar-refractivity contribution in [2.24, 2.45) is 9.98 Å². The van der Waals surface area contributed by atoms with Crippen molar-refractivity contribution < 1.29 is 53.8 Å². The Balaban J connectivity index is -0.00000117. The molecule has 0 atom stereocenters. The number of carbonyl (C=O) groups is 4. The average molecular weight is 695 g/mol. The minimum absolute atomic E-state index is 0. The van der Waals surface area contributed by atoms with Crippen molar-refractivity contribution in [2.75, 3.05) is 73.6 Å². The molecule has 2 aromatic carbocycles. The van der Waals surface area contributed by atoms with Crippen molar-refractivity contribution in [2.45, 2.75) is 25.7 Å². The van der Waals surface area contributed by atoms with E-state index in [1.54, 1.807) is 24.3 Å². The molecule has 0 saturated heterocycles. The third-order valence-electron chi connectivity index (χ3n) is 6.65. The predicted molar refractivity (Wildman–Crippen MR) is 196 cm³/mol. The monoisotopic (exact) mass is 694 g/mol. The number of amides is 2. The first-order chi connectivity index (χ1) is 23.4. The maximum atomic E-state index is 11.9. The van der Waals surface area contributed by atoms with Crippen LogP contribution < -0.4 is 40.2 Å². The van der Waals surface area contributed by atoms with E-state index in [4.69, 9.17) is 16.9 Å². The molecule has 263 valence electrons. The molecular formula is C36H50BN7NaO5. The van der Waals surface area contributed by atoms with Crippen LogP contribution in [0, 0.1) is 11.8 Å². The Labute approximate surface area is 322 Å². The number of benzene rings is 2. The zero-order valence-electron chi connectivity index (χ0n) is 30.0. The molecule has 2 bridgehead atoms. The number of nitrogens with one attached hydrogen (secondary N) is 2. The molecule has 2 amide bonds. The molecule has 3 N–H and O–H groups in total. The summed E-state index contributed by atoms with van der Waals surface area (Å²) in [6.07, 6.45) is 11.6. The van der Waals surface area contributed by atoms with E-state index in [9.17, 15) is 19.2 Å². The van der Waals surface area contributed by atoms with Crippen molar-refractivity contribution in [3.05, 3.63) is 89.5 Å². The normalized spacial score (nSPS) is 16.0. The Morgan fingerprint density at radius 2 is 1.08 bits per heavy atom. The van der Waals surface area contributed by atoms with Gasteiger partial charge < -0.3 is 37.4 Å². The molecule has 0 spiro atoms. The van der Waals surface area contributed by atoms with E-state index in [2.05, 4.69) is 62.7 Å². The van der Waals surface area contributed by atoms with Gasteiger partial charge in [0.2, 0.25) is 11.8 Å². The quantitative estimate of drug-likeness (QED) is 0.213. The SMILES string of the molecule is CN1CCCN=Cc2cccc(c2)C=NCCCN(C)CCCNC(=O)/C=C\C(=O)NCCC1.CO.O=Cc1cccc(C=O)c1.[B].[C-]#N.[Na+]. The summed E-state index contributed by atoms with van der Waals surface area (Å²) >= 11 is 0. The summed E-state index contributed by atoms with van der Waals surface area (Å²) in [5.74, 6) is -0.480. The van der Waals surface area contributed by atoms with Crippen LogP contribution in [0.4, 0.5) is 0 Å². The molecule has 12 nitrogen and oxygen atoms in total. The molecule has 0 aromatic heterocycles. The number of rotatable bonds is 2. The van der Waals surface area contributed by atoms with Crippen LogP contribution in [0.2, 0.25) is 0 Å². The van der Waals surface area contributed by atoms with E-state index < -0.39 is 0 Å². The number of hydrogen-bond acceptors (Lipinski definition) is 10. The Hall–Kier alpha value is -3.77. The Bertz CT molecular complexity index is 1240. The first-order valence-electron chi connectivity index (χ1n) is 15.8. The standard InChI is InChI=1S/C26H40N6O2.C8H6O2.CN.CH4O.B.Na/c1-31-16-4-12-27-21-23-8-3-9-24(20-23)22-28-13-5-17-32(2)19-7-15-30-26(34)11-10-25(33)29-14-6-18-31;9-5-7-2-1-3-8(4-7)6-10;2*1-2;;/h3,8-11,20-22H,4-7,12-19H2,1-2H3,(H,29,33)(H,30,34);1-6H;;2H,1H3;;/q;;-1;;;+1/b11-10-,27-21?,28-22?;;;;;. The van der Waals surface area contributed by atoms with Gasteiger partial charge in [0.15, 0.2) is 0 Å². The number of nitrogens with zero attached hydrogens (tertiary/aromatic N) is 5. The van der Waals surface area contributed by atoms with E-state index in [0.29, 0.717) is 36.8 Å². The number of carbonyl (C=O) groups excluding carboxylic acids is 4. The summed E-state index contributed by atoms with van der Waals surface area (Å²) < 4.78 is 0. The molecule has 1 aliphatic rings. The Morgan fingerprint density at radius 1 is 0.700 bits per heavy atom. The maximum Gasteiger partial charge on any atom is 1.00 e. The number of aliphatic imine (C=N–C) groups is 2. The second-order valence-electron chi connectivity index (χ2n) is 10.6. The molecule has 1 heterocycles. The van der Waals surface area contributed by atoms with Crippen LogP contribution in [0.15, 0.2) is 70.7 Å². The van der Waals surface area contributed by atoms with Crippen LogP contribution in [-0.4, -0.2) is 134 Å². The van der Waals surface area contributed by atoms with E-state index in [1.807, 2.05) is 18.5 Å². The van der Waals surface area contributed by atoms with E-state index >= 15 is 0 Å². The third-order valence-corrected chi connectivity index (χ3v) is 6.65. The van der Waals surface area contributed by atoms with E-state index in [0.717, 1.165) is 83.2 Å². The van der Waals surface area contributed by atoms with Crippen molar-refractivity contribution >= 4 is 45.2 Å². The van der Waals surface area contributed by atoms with Gasteiger partial charge in [-0.15, -0.1) is 0 Å². The minimum Gasteiger partial charge on any atom is -0.512 e. The summed E-state index contributed by atoms with van der Waals surface area (Å²) in [5.41, 5.74) is 3.24. The van der Waals surface area contributed by atoms with Gasteiger partial charge in [-0.05, 0) is 89.2 Å². The van der Waals surface area contributed by atoms with Gasteiger partial charge in [-0.1, -0.05) is 36.4 Å². The first kappa shape index (κ1) is 50.6. The van der Waals surface area contributed by atoms with Gasteiger partial charge >= 0.3 is 29.6 Å². The molecule has 0 fully saturated rings. The summed E-state index contributed by atoms with van der Waals surface area (Å²) in [6.45, 7) is 11.2. The Morgan fingerprint density at radius 3 is 1.48 bits per heavy atom. The average Bonchev–Trinajstić information content (AvgIpc) is 3.12. The van der Waals surface area contributed by atoms with Gasteiger partial charge in [0.1, 0.15) is 12.6 Å². The van der Waals surface area contributed by atoms with Crippen LogP contribution in [0.1, 0.15) is 57.5 Å². The number of hydrogen-bond donors (Lipinski definition) is 3. The molecule has 2 aromatic rings. The van der Waals surface area contributed by atoms with Gasteiger partial charge in [-0.3, -0.25) is 29.2 Å².